The number of rotatable bonds is 9. The Bertz CT molecular complexity index is 1050. The van der Waals surface area contributed by atoms with Crippen LogP contribution in [-0.4, -0.2) is 90.6 Å². The highest BCUT2D eigenvalue weighted by Gasteiger charge is 2.26. The van der Waals surface area contributed by atoms with Crippen molar-refractivity contribution in [2.75, 3.05) is 57.9 Å². The van der Waals surface area contributed by atoms with Crippen LogP contribution in [0.1, 0.15) is 26.7 Å². The summed E-state index contributed by atoms with van der Waals surface area (Å²) in [6.07, 6.45) is 1.87. The zero-order valence-electron chi connectivity index (χ0n) is 21.1. The number of hydrogen-bond donors (Lipinski definition) is 1. The Morgan fingerprint density at radius 3 is 2.59 bits per heavy atom. The van der Waals surface area contributed by atoms with Crippen LogP contribution in [0, 0.1) is 11.6 Å². The second-order valence-corrected chi connectivity index (χ2v) is 9.17. The SMILES string of the molecule is CC(C)OC(=O)N1CCC(Oc2cc(Nc3cc(F)c(OCCN4CCOCC4)cc3F)ncn2)CC1. The van der Waals surface area contributed by atoms with Gasteiger partial charge in [0.25, 0.3) is 0 Å². The van der Waals surface area contributed by atoms with Gasteiger partial charge in [-0.15, -0.1) is 0 Å². The molecule has 10 nitrogen and oxygen atoms in total. The molecule has 12 heteroatoms. The molecule has 2 aliphatic rings. The number of likely N-dealkylation sites (tertiary alicyclic amines) is 1. The van der Waals surface area contributed by atoms with Gasteiger partial charge in [-0.1, -0.05) is 0 Å². The Labute approximate surface area is 214 Å². The van der Waals surface area contributed by atoms with E-state index in [1.54, 1.807) is 4.90 Å². The van der Waals surface area contributed by atoms with Crippen LogP contribution in [0.5, 0.6) is 11.6 Å². The molecule has 3 heterocycles. The second-order valence-electron chi connectivity index (χ2n) is 9.17. The monoisotopic (exact) mass is 521 g/mol. The summed E-state index contributed by atoms with van der Waals surface area (Å²) in [5.74, 6) is -0.956. The Hall–Kier alpha value is -3.25. The molecule has 2 aliphatic heterocycles. The third-order valence-corrected chi connectivity index (χ3v) is 6.02. The zero-order chi connectivity index (χ0) is 26.2. The van der Waals surface area contributed by atoms with Gasteiger partial charge in [0.1, 0.15) is 24.9 Å². The van der Waals surface area contributed by atoms with Crippen LogP contribution in [0.4, 0.5) is 25.1 Å². The second kappa shape index (κ2) is 12.8. The van der Waals surface area contributed by atoms with Crippen molar-refractivity contribution in [3.05, 3.63) is 36.2 Å². The lowest BCUT2D eigenvalue weighted by molar-refractivity contribution is 0.0320. The quantitative estimate of drug-likeness (QED) is 0.531. The lowest BCUT2D eigenvalue weighted by atomic mass is 10.1. The van der Waals surface area contributed by atoms with Crippen molar-refractivity contribution in [1.29, 1.82) is 0 Å². The third-order valence-electron chi connectivity index (χ3n) is 6.02. The van der Waals surface area contributed by atoms with E-state index in [0.717, 1.165) is 25.2 Å². The Morgan fingerprint density at radius 2 is 1.86 bits per heavy atom. The number of benzene rings is 1. The van der Waals surface area contributed by atoms with Gasteiger partial charge in [0.05, 0.1) is 25.0 Å². The molecular weight excluding hydrogens is 488 g/mol. The van der Waals surface area contributed by atoms with Crippen LogP contribution in [0.15, 0.2) is 24.5 Å². The average molecular weight is 522 g/mol. The van der Waals surface area contributed by atoms with Crippen LogP contribution in [0.2, 0.25) is 0 Å². The smallest absolute Gasteiger partial charge is 0.410 e. The predicted molar refractivity (Wildman–Crippen MR) is 131 cm³/mol. The van der Waals surface area contributed by atoms with Crippen LogP contribution in [0.3, 0.4) is 0 Å². The summed E-state index contributed by atoms with van der Waals surface area (Å²) in [4.78, 5) is 24.0. The van der Waals surface area contributed by atoms with Gasteiger partial charge in [0.2, 0.25) is 5.88 Å². The minimum atomic E-state index is -0.681. The molecule has 2 saturated heterocycles. The number of morpholine rings is 1. The molecule has 0 spiro atoms. The van der Waals surface area contributed by atoms with Crippen molar-refractivity contribution in [2.45, 2.75) is 38.9 Å². The van der Waals surface area contributed by atoms with Gasteiger partial charge in [-0.25, -0.2) is 23.5 Å². The van der Waals surface area contributed by atoms with Gasteiger partial charge in [-0.3, -0.25) is 4.90 Å². The van der Waals surface area contributed by atoms with Crippen molar-refractivity contribution in [1.82, 2.24) is 19.8 Å². The highest BCUT2D eigenvalue weighted by Crippen LogP contribution is 2.28. The lowest BCUT2D eigenvalue weighted by Crippen LogP contribution is -2.42. The molecule has 37 heavy (non-hydrogen) atoms. The van der Waals surface area contributed by atoms with Crippen LogP contribution in [0.25, 0.3) is 0 Å². The molecule has 4 rings (SSSR count). The number of ether oxygens (including phenoxy) is 4. The summed E-state index contributed by atoms with van der Waals surface area (Å²) >= 11 is 0. The number of piperidine rings is 1. The van der Waals surface area contributed by atoms with E-state index in [4.69, 9.17) is 18.9 Å². The summed E-state index contributed by atoms with van der Waals surface area (Å²) in [5.41, 5.74) is -0.0837. The summed E-state index contributed by atoms with van der Waals surface area (Å²) < 4.78 is 51.2. The van der Waals surface area contributed by atoms with Gasteiger partial charge in [0.15, 0.2) is 17.4 Å². The van der Waals surface area contributed by atoms with E-state index in [1.807, 2.05) is 13.8 Å². The number of anilines is 2. The van der Waals surface area contributed by atoms with Crippen molar-refractivity contribution < 1.29 is 32.5 Å². The topological polar surface area (TPSA) is 98.3 Å². The van der Waals surface area contributed by atoms with E-state index in [0.29, 0.717) is 51.6 Å². The molecule has 1 aromatic heterocycles. The predicted octanol–water partition coefficient (Wildman–Crippen LogP) is 3.60. The summed E-state index contributed by atoms with van der Waals surface area (Å²) in [6.45, 7) is 8.40. The van der Waals surface area contributed by atoms with Crippen LogP contribution < -0.4 is 14.8 Å². The molecule has 0 bridgehead atoms. The summed E-state index contributed by atoms with van der Waals surface area (Å²) in [5, 5.41) is 2.77. The fourth-order valence-electron chi connectivity index (χ4n) is 4.06. The maximum absolute atomic E-state index is 14.7. The molecule has 0 aliphatic carbocycles. The number of carbonyl (C=O) groups excluding carboxylic acids is 1. The first-order valence-corrected chi connectivity index (χ1v) is 12.5. The Kier molecular flexibility index (Phi) is 9.29. The molecule has 1 aromatic carbocycles. The van der Waals surface area contributed by atoms with E-state index in [-0.39, 0.29) is 42.2 Å². The number of hydrogen-bond acceptors (Lipinski definition) is 9. The summed E-state index contributed by atoms with van der Waals surface area (Å²) in [7, 11) is 0. The number of aromatic nitrogens is 2. The van der Waals surface area contributed by atoms with Crippen LogP contribution in [-0.2, 0) is 9.47 Å². The van der Waals surface area contributed by atoms with E-state index in [9.17, 15) is 13.6 Å². The molecule has 2 fully saturated rings. The number of nitrogens with one attached hydrogen (secondary N) is 1. The van der Waals surface area contributed by atoms with E-state index in [2.05, 4.69) is 20.2 Å². The molecular formula is C25H33F2N5O5. The van der Waals surface area contributed by atoms with E-state index < -0.39 is 11.6 Å². The number of halogens is 2. The minimum Gasteiger partial charge on any atom is -0.489 e. The van der Waals surface area contributed by atoms with E-state index >= 15 is 0 Å². The summed E-state index contributed by atoms with van der Waals surface area (Å²) in [6, 6.07) is 3.57. The maximum Gasteiger partial charge on any atom is 0.410 e. The Balaban J connectivity index is 1.29. The molecule has 202 valence electrons. The van der Waals surface area contributed by atoms with Gasteiger partial charge >= 0.3 is 6.09 Å². The first kappa shape index (κ1) is 26.8. The maximum atomic E-state index is 14.7. The van der Waals surface area contributed by atoms with Crippen molar-refractivity contribution in [3.63, 3.8) is 0 Å². The molecule has 0 radical (unpaired) electrons. The van der Waals surface area contributed by atoms with Gasteiger partial charge in [-0.2, -0.15) is 0 Å². The molecule has 2 aromatic rings. The highest BCUT2D eigenvalue weighted by atomic mass is 19.1. The molecule has 0 atom stereocenters. The fraction of sp³-hybridized carbons (Fsp3) is 0.560. The third kappa shape index (κ3) is 7.86. The fourth-order valence-corrected chi connectivity index (χ4v) is 4.06. The normalized spacial score (nSPS) is 17.1. The molecule has 0 unspecified atom stereocenters. The number of amides is 1. The standard InChI is InChI=1S/C25H33F2N5O5/c1-17(2)36-25(33)32-5-3-18(4-6-32)37-24-15-23(28-16-29-24)30-21-13-20(27)22(14-19(21)26)35-12-9-31-7-10-34-11-8-31/h13-18H,3-12H2,1-2H3,(H,28,29,30). The first-order chi connectivity index (χ1) is 17.9. The average Bonchev–Trinajstić information content (AvgIpc) is 2.88. The lowest BCUT2D eigenvalue weighted by Gasteiger charge is -2.31. The largest absolute Gasteiger partial charge is 0.489 e. The van der Waals surface area contributed by atoms with Crippen molar-refractivity contribution in [2.24, 2.45) is 0 Å². The van der Waals surface area contributed by atoms with Gasteiger partial charge in [-0.05, 0) is 13.8 Å². The van der Waals surface area contributed by atoms with Gasteiger partial charge in [0, 0.05) is 63.8 Å². The molecule has 0 saturated carbocycles. The number of nitrogens with zero attached hydrogens (tertiary/aromatic N) is 4. The molecule has 1 N–H and O–H groups in total. The Morgan fingerprint density at radius 1 is 1.11 bits per heavy atom. The minimum absolute atomic E-state index is 0.0837. The molecule has 1 amide bonds. The zero-order valence-corrected chi connectivity index (χ0v) is 21.1. The first-order valence-electron chi connectivity index (χ1n) is 12.5. The number of carbonyl (C=O) groups is 1. The van der Waals surface area contributed by atoms with Crippen LogP contribution >= 0.6 is 0 Å². The highest BCUT2D eigenvalue weighted by molar-refractivity contribution is 5.67. The van der Waals surface area contributed by atoms with Crippen molar-refractivity contribution >= 4 is 17.6 Å². The van der Waals surface area contributed by atoms with E-state index in [1.165, 1.54) is 12.4 Å². The van der Waals surface area contributed by atoms with Crippen molar-refractivity contribution in [3.8, 4) is 11.6 Å². The van der Waals surface area contributed by atoms with Gasteiger partial charge < -0.3 is 29.2 Å².